The van der Waals surface area contributed by atoms with Crippen molar-refractivity contribution in [1.29, 1.82) is 0 Å². The Morgan fingerprint density at radius 1 is 1.00 bits per heavy atom. The van der Waals surface area contributed by atoms with Crippen molar-refractivity contribution < 1.29 is 14.0 Å². The standard InChI is InChI=1S/C29H27FN4O2/c1-16-14-31-26(33-16)22-12-11-20(23-15-32-28(36)25(22)23)21-10-9-19(13-24(21)30)34-27(35)17-5-7-18(8-6-17)29(2,3)4/h5-14H,15H2,1-4H3,(H,31,33)(H,32,36)(H,34,35). The molecule has 2 heterocycles. The van der Waals surface area contributed by atoms with E-state index in [9.17, 15) is 9.59 Å². The van der Waals surface area contributed by atoms with Crippen LogP contribution in [-0.4, -0.2) is 21.8 Å². The molecular formula is C29H27FN4O2. The van der Waals surface area contributed by atoms with Crippen molar-refractivity contribution >= 4 is 17.5 Å². The van der Waals surface area contributed by atoms with Crippen LogP contribution in [0, 0.1) is 12.7 Å². The fourth-order valence-electron chi connectivity index (χ4n) is 4.48. The highest BCUT2D eigenvalue weighted by molar-refractivity contribution is 6.06. The van der Waals surface area contributed by atoms with E-state index in [1.165, 1.54) is 6.07 Å². The van der Waals surface area contributed by atoms with Crippen LogP contribution >= 0.6 is 0 Å². The topological polar surface area (TPSA) is 86.9 Å². The number of hydrogen-bond acceptors (Lipinski definition) is 3. The monoisotopic (exact) mass is 482 g/mol. The number of rotatable bonds is 4. The number of benzene rings is 3. The van der Waals surface area contributed by atoms with Gasteiger partial charge in [0.05, 0.1) is 5.56 Å². The molecule has 1 aromatic heterocycles. The smallest absolute Gasteiger partial charge is 0.255 e. The number of carbonyl (C=O) groups is 2. The molecule has 3 aromatic carbocycles. The van der Waals surface area contributed by atoms with Crippen LogP contribution in [0.2, 0.25) is 0 Å². The van der Waals surface area contributed by atoms with Crippen LogP contribution in [0.5, 0.6) is 0 Å². The molecule has 36 heavy (non-hydrogen) atoms. The summed E-state index contributed by atoms with van der Waals surface area (Å²) in [7, 11) is 0. The molecule has 0 unspecified atom stereocenters. The summed E-state index contributed by atoms with van der Waals surface area (Å²) in [5, 5.41) is 5.61. The Morgan fingerprint density at radius 3 is 2.33 bits per heavy atom. The van der Waals surface area contributed by atoms with Crippen molar-refractivity contribution in [3.8, 4) is 22.5 Å². The van der Waals surface area contributed by atoms with Gasteiger partial charge in [-0.25, -0.2) is 9.37 Å². The number of aryl methyl sites for hydroxylation is 1. The Kier molecular flexibility index (Phi) is 5.71. The van der Waals surface area contributed by atoms with Crippen LogP contribution in [0.3, 0.4) is 0 Å². The molecule has 0 spiro atoms. The molecule has 0 aliphatic carbocycles. The minimum atomic E-state index is -0.487. The number of fused-ring (bicyclic) bond motifs is 1. The molecule has 3 N–H and O–H groups in total. The first-order valence-corrected chi connectivity index (χ1v) is 11.8. The average molecular weight is 483 g/mol. The number of nitrogens with one attached hydrogen (secondary N) is 3. The van der Waals surface area contributed by atoms with Gasteiger partial charge in [0.15, 0.2) is 0 Å². The lowest BCUT2D eigenvalue weighted by molar-refractivity contribution is 0.0965. The first-order chi connectivity index (χ1) is 17.1. The predicted molar refractivity (Wildman–Crippen MR) is 138 cm³/mol. The third-order valence-corrected chi connectivity index (χ3v) is 6.45. The molecule has 7 heteroatoms. The van der Waals surface area contributed by atoms with E-state index < -0.39 is 5.82 Å². The maximum absolute atomic E-state index is 15.3. The largest absolute Gasteiger partial charge is 0.348 e. The normalized spacial score (nSPS) is 12.9. The van der Waals surface area contributed by atoms with Crippen molar-refractivity contribution in [2.75, 3.05) is 5.32 Å². The first kappa shape index (κ1) is 23.5. The highest BCUT2D eigenvalue weighted by Gasteiger charge is 2.28. The van der Waals surface area contributed by atoms with Gasteiger partial charge in [0.1, 0.15) is 11.6 Å². The van der Waals surface area contributed by atoms with E-state index in [2.05, 4.69) is 41.4 Å². The zero-order valence-electron chi connectivity index (χ0n) is 20.6. The number of H-pyrrole nitrogens is 1. The summed E-state index contributed by atoms with van der Waals surface area (Å²) >= 11 is 0. The zero-order valence-corrected chi connectivity index (χ0v) is 20.6. The molecule has 0 fully saturated rings. The zero-order chi connectivity index (χ0) is 25.6. The summed E-state index contributed by atoms with van der Waals surface area (Å²) in [6.45, 7) is 8.53. The van der Waals surface area contributed by atoms with Crippen LogP contribution in [-0.2, 0) is 12.0 Å². The molecule has 2 amide bonds. The Labute approximate surface area is 209 Å². The summed E-state index contributed by atoms with van der Waals surface area (Å²) < 4.78 is 15.3. The second-order valence-corrected chi connectivity index (χ2v) is 10.1. The summed E-state index contributed by atoms with van der Waals surface area (Å²) in [6, 6.07) is 15.6. The molecule has 6 nitrogen and oxygen atoms in total. The van der Waals surface area contributed by atoms with Gasteiger partial charge < -0.3 is 15.6 Å². The molecule has 182 valence electrons. The van der Waals surface area contributed by atoms with Gasteiger partial charge in [-0.15, -0.1) is 0 Å². The van der Waals surface area contributed by atoms with E-state index in [-0.39, 0.29) is 17.2 Å². The molecule has 0 saturated heterocycles. The summed E-state index contributed by atoms with van der Waals surface area (Å²) in [5.41, 5.74) is 5.74. The second kappa shape index (κ2) is 8.75. The van der Waals surface area contributed by atoms with Crippen molar-refractivity contribution in [2.24, 2.45) is 0 Å². The number of anilines is 1. The Hall–Kier alpha value is -4.26. The van der Waals surface area contributed by atoms with Crippen LogP contribution in [0.25, 0.3) is 22.5 Å². The van der Waals surface area contributed by atoms with Crippen molar-refractivity contribution in [2.45, 2.75) is 39.7 Å². The minimum absolute atomic E-state index is 0.0105. The van der Waals surface area contributed by atoms with E-state index in [0.717, 1.165) is 16.8 Å². The number of nitrogens with zero attached hydrogens (tertiary/aromatic N) is 1. The second-order valence-electron chi connectivity index (χ2n) is 10.1. The fourth-order valence-corrected chi connectivity index (χ4v) is 4.48. The van der Waals surface area contributed by atoms with Crippen LogP contribution in [0.1, 0.15) is 58.3 Å². The molecule has 1 aliphatic rings. The van der Waals surface area contributed by atoms with E-state index in [1.807, 2.05) is 19.1 Å². The first-order valence-electron chi connectivity index (χ1n) is 11.8. The van der Waals surface area contributed by atoms with E-state index in [0.29, 0.717) is 45.9 Å². The van der Waals surface area contributed by atoms with Gasteiger partial charge in [-0.2, -0.15) is 0 Å². The number of halogens is 1. The lowest BCUT2D eigenvalue weighted by Crippen LogP contribution is -2.14. The number of aromatic amines is 1. The SMILES string of the molecule is Cc1cnc(-c2ccc(-c3ccc(NC(=O)c4ccc(C(C)(C)C)cc4)cc3F)c3c2C(=O)NC3)[nH]1. The number of aromatic nitrogens is 2. The summed E-state index contributed by atoms with van der Waals surface area (Å²) in [5.74, 6) is -0.408. The Balaban J connectivity index is 1.43. The Morgan fingerprint density at radius 2 is 1.69 bits per heavy atom. The molecule has 5 rings (SSSR count). The van der Waals surface area contributed by atoms with Gasteiger partial charge in [0.25, 0.3) is 11.8 Å². The fraction of sp³-hybridized carbons (Fsp3) is 0.207. The van der Waals surface area contributed by atoms with E-state index >= 15 is 4.39 Å². The molecule has 0 bridgehead atoms. The van der Waals surface area contributed by atoms with Crippen LogP contribution < -0.4 is 10.6 Å². The van der Waals surface area contributed by atoms with Gasteiger partial charge in [-0.1, -0.05) is 39.0 Å². The maximum Gasteiger partial charge on any atom is 0.255 e. The van der Waals surface area contributed by atoms with Gasteiger partial charge in [0.2, 0.25) is 0 Å². The molecule has 0 radical (unpaired) electrons. The van der Waals surface area contributed by atoms with Crippen molar-refractivity contribution in [1.82, 2.24) is 15.3 Å². The van der Waals surface area contributed by atoms with Gasteiger partial charge in [0, 0.05) is 40.8 Å². The lowest BCUT2D eigenvalue weighted by atomic mass is 9.87. The predicted octanol–water partition coefficient (Wildman–Crippen LogP) is 5.98. The highest BCUT2D eigenvalue weighted by atomic mass is 19.1. The number of imidazole rings is 1. The van der Waals surface area contributed by atoms with Gasteiger partial charge >= 0.3 is 0 Å². The summed E-state index contributed by atoms with van der Waals surface area (Å²) in [6.07, 6.45) is 1.70. The van der Waals surface area contributed by atoms with Crippen LogP contribution in [0.15, 0.2) is 60.8 Å². The third kappa shape index (κ3) is 4.28. The number of hydrogen-bond donors (Lipinski definition) is 3. The van der Waals surface area contributed by atoms with Crippen molar-refractivity contribution in [3.63, 3.8) is 0 Å². The average Bonchev–Trinajstić information content (AvgIpc) is 3.44. The molecule has 0 atom stereocenters. The summed E-state index contributed by atoms with van der Waals surface area (Å²) in [4.78, 5) is 32.8. The highest BCUT2D eigenvalue weighted by Crippen LogP contribution is 2.37. The van der Waals surface area contributed by atoms with E-state index in [1.54, 1.807) is 42.6 Å². The molecular weight excluding hydrogens is 455 g/mol. The third-order valence-electron chi connectivity index (χ3n) is 6.45. The van der Waals surface area contributed by atoms with Crippen LogP contribution in [0.4, 0.5) is 10.1 Å². The van der Waals surface area contributed by atoms with E-state index in [4.69, 9.17) is 0 Å². The quantitative estimate of drug-likeness (QED) is 0.334. The number of amides is 2. The number of carbonyl (C=O) groups excluding carboxylic acids is 2. The Bertz CT molecular complexity index is 1500. The van der Waals surface area contributed by atoms with Gasteiger partial charge in [-0.3, -0.25) is 9.59 Å². The molecule has 1 aliphatic heterocycles. The lowest BCUT2D eigenvalue weighted by Gasteiger charge is -2.19. The molecule has 0 saturated carbocycles. The van der Waals surface area contributed by atoms with Gasteiger partial charge in [-0.05, 0) is 65.4 Å². The minimum Gasteiger partial charge on any atom is -0.348 e. The molecule has 4 aromatic rings. The maximum atomic E-state index is 15.3. The van der Waals surface area contributed by atoms with Crippen molar-refractivity contribution in [3.05, 3.63) is 94.6 Å².